The minimum Gasteiger partial charge on any atom is -0.256 e. The van der Waals surface area contributed by atoms with E-state index in [1.165, 1.54) is 11.1 Å². The average Bonchev–Trinajstić information content (AvgIpc) is 2.73. The van der Waals surface area contributed by atoms with Gasteiger partial charge in [-0.05, 0) is 47.9 Å². The number of pyridine rings is 2. The molecule has 0 N–H and O–H groups in total. The van der Waals surface area contributed by atoms with E-state index in [1.54, 1.807) is 0 Å². The van der Waals surface area contributed by atoms with Crippen molar-refractivity contribution in [3.63, 3.8) is 0 Å². The van der Waals surface area contributed by atoms with Gasteiger partial charge in [-0.1, -0.05) is 64.1 Å². The zero-order chi connectivity index (χ0) is 18.5. The molecule has 0 fully saturated rings. The summed E-state index contributed by atoms with van der Waals surface area (Å²) in [6, 6.07) is 17.1. The van der Waals surface area contributed by atoms with E-state index >= 15 is 0 Å². The molecule has 2 heteroatoms. The zero-order valence-electron chi connectivity index (χ0n) is 16.2. The Balaban J connectivity index is 1.78. The number of benzene rings is 1. The summed E-state index contributed by atoms with van der Waals surface area (Å²) in [6.07, 6.45) is 6.29. The van der Waals surface area contributed by atoms with Crippen LogP contribution in [0, 0.1) is 0 Å². The quantitative estimate of drug-likeness (QED) is 0.489. The zero-order valence-corrected chi connectivity index (χ0v) is 16.2. The van der Waals surface area contributed by atoms with Crippen molar-refractivity contribution >= 4 is 0 Å². The second-order valence-corrected chi connectivity index (χ2v) is 7.15. The first-order chi connectivity index (χ1) is 12.6. The molecule has 0 amide bonds. The predicted octanol–water partition coefficient (Wildman–Crippen LogP) is 6.84. The Hall–Kier alpha value is -2.48. The van der Waals surface area contributed by atoms with Gasteiger partial charge in [-0.2, -0.15) is 0 Å². The van der Waals surface area contributed by atoms with Crippen LogP contribution in [0.1, 0.15) is 63.5 Å². The van der Waals surface area contributed by atoms with Gasteiger partial charge in [-0.25, -0.2) is 0 Å². The summed E-state index contributed by atoms with van der Waals surface area (Å²) in [6.45, 7) is 8.90. The van der Waals surface area contributed by atoms with Gasteiger partial charge >= 0.3 is 0 Å². The Bertz CT molecular complexity index is 745. The third-order valence-electron chi connectivity index (χ3n) is 5.41. The van der Waals surface area contributed by atoms with E-state index in [2.05, 4.69) is 86.2 Å². The standard InChI is InChI=1S/C24H28N2/c1-5-17(3)21-11-13-23(25-15-21)19-7-9-20(10-8-19)24-14-12-22(16-26-24)18(4)6-2/h7-18H,5-6H2,1-4H3/t17-,18+. The van der Waals surface area contributed by atoms with Crippen molar-refractivity contribution in [1.82, 2.24) is 9.97 Å². The van der Waals surface area contributed by atoms with Gasteiger partial charge in [0.15, 0.2) is 0 Å². The van der Waals surface area contributed by atoms with Gasteiger partial charge in [-0.3, -0.25) is 9.97 Å². The number of aromatic nitrogens is 2. The van der Waals surface area contributed by atoms with Gasteiger partial charge in [0.05, 0.1) is 11.4 Å². The van der Waals surface area contributed by atoms with Gasteiger partial charge in [0, 0.05) is 23.5 Å². The second-order valence-electron chi connectivity index (χ2n) is 7.15. The van der Waals surface area contributed by atoms with Crippen molar-refractivity contribution in [2.24, 2.45) is 0 Å². The van der Waals surface area contributed by atoms with E-state index in [-0.39, 0.29) is 0 Å². The highest BCUT2D eigenvalue weighted by Crippen LogP contribution is 2.26. The molecule has 0 aliphatic carbocycles. The third-order valence-corrected chi connectivity index (χ3v) is 5.41. The molecule has 0 aliphatic heterocycles. The highest BCUT2D eigenvalue weighted by Gasteiger charge is 2.07. The Morgan fingerprint density at radius 2 is 1.00 bits per heavy atom. The Morgan fingerprint density at radius 3 is 1.27 bits per heavy atom. The van der Waals surface area contributed by atoms with Crippen molar-refractivity contribution in [1.29, 1.82) is 0 Å². The van der Waals surface area contributed by atoms with Crippen LogP contribution in [0.4, 0.5) is 0 Å². The fourth-order valence-electron chi connectivity index (χ4n) is 3.02. The first-order valence-corrected chi connectivity index (χ1v) is 9.65. The van der Waals surface area contributed by atoms with E-state index in [9.17, 15) is 0 Å². The van der Waals surface area contributed by atoms with E-state index < -0.39 is 0 Å². The molecule has 0 saturated carbocycles. The molecule has 2 heterocycles. The topological polar surface area (TPSA) is 25.8 Å². The molecule has 0 spiro atoms. The predicted molar refractivity (Wildman–Crippen MR) is 110 cm³/mol. The highest BCUT2D eigenvalue weighted by atomic mass is 14.7. The van der Waals surface area contributed by atoms with Crippen molar-refractivity contribution in [2.75, 3.05) is 0 Å². The maximum absolute atomic E-state index is 4.65. The van der Waals surface area contributed by atoms with Crippen molar-refractivity contribution in [3.05, 3.63) is 72.1 Å². The molecule has 3 aromatic rings. The highest BCUT2D eigenvalue weighted by molar-refractivity contribution is 5.66. The Kier molecular flexibility index (Phi) is 5.82. The molecule has 1 aromatic carbocycles. The fraction of sp³-hybridized carbons (Fsp3) is 0.333. The summed E-state index contributed by atoms with van der Waals surface area (Å²) in [4.78, 5) is 9.29. The van der Waals surface area contributed by atoms with Gasteiger partial charge in [0.25, 0.3) is 0 Å². The smallest absolute Gasteiger partial charge is 0.0702 e. The van der Waals surface area contributed by atoms with E-state index in [1.807, 2.05) is 12.4 Å². The van der Waals surface area contributed by atoms with Crippen LogP contribution in [-0.4, -0.2) is 9.97 Å². The molecular formula is C24H28N2. The first-order valence-electron chi connectivity index (χ1n) is 9.65. The minimum absolute atomic E-state index is 0.559. The Labute approximate surface area is 157 Å². The summed E-state index contributed by atoms with van der Waals surface area (Å²) < 4.78 is 0. The SMILES string of the molecule is CC[C@@H](C)c1ccc(-c2ccc(-c3ccc([C@@H](C)CC)cn3)cc2)nc1. The van der Waals surface area contributed by atoms with E-state index in [4.69, 9.17) is 0 Å². The van der Waals surface area contributed by atoms with Crippen LogP contribution in [0.5, 0.6) is 0 Å². The van der Waals surface area contributed by atoms with Crippen LogP contribution in [0.3, 0.4) is 0 Å². The minimum atomic E-state index is 0.559. The molecule has 26 heavy (non-hydrogen) atoms. The van der Waals surface area contributed by atoms with Crippen molar-refractivity contribution in [2.45, 2.75) is 52.4 Å². The Morgan fingerprint density at radius 1 is 0.615 bits per heavy atom. The molecule has 2 nitrogen and oxygen atoms in total. The molecule has 2 aromatic heterocycles. The number of nitrogens with zero attached hydrogens (tertiary/aromatic N) is 2. The molecule has 3 rings (SSSR count). The molecule has 0 aliphatic rings. The maximum Gasteiger partial charge on any atom is 0.0702 e. The number of hydrogen-bond acceptors (Lipinski definition) is 2. The molecule has 2 atom stereocenters. The summed E-state index contributed by atoms with van der Waals surface area (Å²) in [7, 11) is 0. The molecular weight excluding hydrogens is 316 g/mol. The second kappa shape index (κ2) is 8.27. The van der Waals surface area contributed by atoms with Crippen LogP contribution in [0.25, 0.3) is 22.5 Å². The van der Waals surface area contributed by atoms with Crippen LogP contribution in [0.2, 0.25) is 0 Å². The van der Waals surface area contributed by atoms with Crippen LogP contribution < -0.4 is 0 Å². The monoisotopic (exact) mass is 344 g/mol. The lowest BCUT2D eigenvalue weighted by Gasteiger charge is -2.10. The van der Waals surface area contributed by atoms with Crippen LogP contribution >= 0.6 is 0 Å². The molecule has 134 valence electrons. The van der Waals surface area contributed by atoms with Crippen LogP contribution in [0.15, 0.2) is 60.9 Å². The van der Waals surface area contributed by atoms with Crippen molar-refractivity contribution < 1.29 is 0 Å². The van der Waals surface area contributed by atoms with Gasteiger partial charge < -0.3 is 0 Å². The summed E-state index contributed by atoms with van der Waals surface area (Å²) in [5.41, 5.74) is 6.92. The first kappa shape index (κ1) is 18.3. The summed E-state index contributed by atoms with van der Waals surface area (Å²) in [5.74, 6) is 1.12. The van der Waals surface area contributed by atoms with E-state index in [0.29, 0.717) is 11.8 Å². The maximum atomic E-state index is 4.65. The average molecular weight is 345 g/mol. The molecule has 0 unspecified atom stereocenters. The van der Waals surface area contributed by atoms with E-state index in [0.717, 1.165) is 35.4 Å². The van der Waals surface area contributed by atoms with Gasteiger partial charge in [0.1, 0.15) is 0 Å². The lowest BCUT2D eigenvalue weighted by molar-refractivity contribution is 0.730. The summed E-state index contributed by atoms with van der Waals surface area (Å²) in [5, 5.41) is 0. The number of hydrogen-bond donors (Lipinski definition) is 0. The molecule has 0 bridgehead atoms. The third kappa shape index (κ3) is 4.01. The van der Waals surface area contributed by atoms with Crippen molar-refractivity contribution in [3.8, 4) is 22.5 Å². The van der Waals surface area contributed by atoms with Gasteiger partial charge in [0.2, 0.25) is 0 Å². The number of rotatable bonds is 6. The summed E-state index contributed by atoms with van der Waals surface area (Å²) >= 11 is 0. The fourth-order valence-corrected chi connectivity index (χ4v) is 3.02. The largest absolute Gasteiger partial charge is 0.256 e. The normalized spacial score (nSPS) is 13.4. The lowest BCUT2D eigenvalue weighted by atomic mass is 9.99. The van der Waals surface area contributed by atoms with Gasteiger partial charge in [-0.15, -0.1) is 0 Å². The molecule has 0 radical (unpaired) electrons. The molecule has 0 saturated heterocycles. The lowest BCUT2D eigenvalue weighted by Crippen LogP contribution is -1.94. The van der Waals surface area contributed by atoms with Crippen LogP contribution in [-0.2, 0) is 0 Å².